The number of rotatable bonds is 9. The van der Waals surface area contributed by atoms with E-state index in [2.05, 4.69) is 264 Å². The van der Waals surface area contributed by atoms with Crippen LogP contribution in [-0.4, -0.2) is 4.57 Å². The van der Waals surface area contributed by atoms with E-state index in [0.29, 0.717) is 0 Å². The van der Waals surface area contributed by atoms with Gasteiger partial charge >= 0.3 is 0 Å². The summed E-state index contributed by atoms with van der Waals surface area (Å²) in [5.74, 6) is 0. The highest BCUT2D eigenvalue weighted by atomic mass is 16.3. The van der Waals surface area contributed by atoms with Crippen LogP contribution in [-0.2, 0) is 0 Å². The average molecular weight is 881 g/mol. The van der Waals surface area contributed by atoms with Crippen LogP contribution in [0, 0.1) is 0 Å². The molecule has 324 valence electrons. The van der Waals surface area contributed by atoms with Crippen molar-refractivity contribution in [3.05, 3.63) is 267 Å². The van der Waals surface area contributed by atoms with Gasteiger partial charge in [-0.2, -0.15) is 0 Å². The smallest absolute Gasteiger partial charge is 0.143 e. The van der Waals surface area contributed by atoms with Crippen LogP contribution in [0.25, 0.3) is 105 Å². The van der Waals surface area contributed by atoms with Gasteiger partial charge in [0.15, 0.2) is 0 Å². The number of para-hydroxylation sites is 4. The van der Waals surface area contributed by atoms with E-state index in [9.17, 15) is 0 Å². The Hall–Kier alpha value is -9.18. The lowest BCUT2D eigenvalue weighted by Crippen LogP contribution is -2.10. The maximum absolute atomic E-state index is 6.56. The minimum atomic E-state index is 0.892. The monoisotopic (exact) mass is 880 g/mol. The van der Waals surface area contributed by atoms with Gasteiger partial charge in [-0.15, -0.1) is 0 Å². The third kappa shape index (κ3) is 7.16. The summed E-state index contributed by atoms with van der Waals surface area (Å²) < 4.78 is 9.00. The van der Waals surface area contributed by atoms with Crippen molar-refractivity contribution in [2.75, 3.05) is 4.90 Å². The fourth-order valence-corrected chi connectivity index (χ4v) is 10.3. The average Bonchev–Trinajstić information content (AvgIpc) is 3.98. The Morgan fingerprint density at radius 2 is 0.754 bits per heavy atom. The highest BCUT2D eigenvalue weighted by Crippen LogP contribution is 2.43. The molecular formula is C66H44N2O. The summed E-state index contributed by atoms with van der Waals surface area (Å²) in [6.45, 7) is 0. The van der Waals surface area contributed by atoms with E-state index in [4.69, 9.17) is 4.42 Å². The van der Waals surface area contributed by atoms with E-state index >= 15 is 0 Å². The van der Waals surface area contributed by atoms with Crippen LogP contribution in [0.3, 0.4) is 0 Å². The molecule has 69 heavy (non-hydrogen) atoms. The molecule has 0 saturated heterocycles. The van der Waals surface area contributed by atoms with Crippen LogP contribution in [0.15, 0.2) is 271 Å². The number of anilines is 3. The normalized spacial score (nSPS) is 11.5. The second kappa shape index (κ2) is 16.9. The Balaban J connectivity index is 0.945. The third-order valence-electron chi connectivity index (χ3n) is 13.6. The van der Waals surface area contributed by atoms with Gasteiger partial charge in [0.25, 0.3) is 0 Å². The molecule has 0 N–H and O–H groups in total. The predicted octanol–water partition coefficient (Wildman–Crippen LogP) is 18.5. The summed E-state index contributed by atoms with van der Waals surface area (Å²) in [5.41, 5.74) is 20.0. The fraction of sp³-hybridized carbons (Fsp3) is 0. The Kier molecular flexibility index (Phi) is 9.84. The number of benzene rings is 11. The number of fused-ring (bicyclic) bond motifs is 6. The first-order valence-electron chi connectivity index (χ1n) is 23.6. The zero-order chi connectivity index (χ0) is 45.7. The van der Waals surface area contributed by atoms with Crippen LogP contribution in [0.2, 0.25) is 0 Å². The Labute approximate surface area is 401 Å². The van der Waals surface area contributed by atoms with Crippen LogP contribution in [0.1, 0.15) is 0 Å². The van der Waals surface area contributed by atoms with E-state index in [0.717, 1.165) is 72.5 Å². The standard InChI is InChI=1S/C66H44N2O/c1-3-16-45(17-4-1)49-20-13-21-50(42-49)47-32-37-53(38-33-47)67(55-23-14-22-52(43-55)57-27-15-28-61-60-26-9-12-31-65(60)69-66(57)61)54-39-34-48(35-40-54)56-41-36-51(46-18-5-2-6-19-46)44-64(56)68-62-29-10-7-24-58(62)59-25-8-11-30-63(59)68/h1-44H. The maximum Gasteiger partial charge on any atom is 0.143 e. The first kappa shape index (κ1) is 40.1. The summed E-state index contributed by atoms with van der Waals surface area (Å²) in [5, 5.41) is 4.72. The van der Waals surface area contributed by atoms with Crippen molar-refractivity contribution < 1.29 is 4.42 Å². The van der Waals surface area contributed by atoms with Gasteiger partial charge < -0.3 is 13.9 Å². The van der Waals surface area contributed by atoms with Crippen molar-refractivity contribution in [2.24, 2.45) is 0 Å². The van der Waals surface area contributed by atoms with Gasteiger partial charge in [-0.25, -0.2) is 0 Å². The maximum atomic E-state index is 6.56. The molecule has 2 aromatic heterocycles. The quantitative estimate of drug-likeness (QED) is 0.144. The second-order valence-electron chi connectivity index (χ2n) is 17.7. The lowest BCUT2D eigenvalue weighted by molar-refractivity contribution is 0.670. The van der Waals surface area contributed by atoms with E-state index < -0.39 is 0 Å². The molecule has 0 radical (unpaired) electrons. The second-order valence-corrected chi connectivity index (χ2v) is 17.7. The largest absolute Gasteiger partial charge is 0.455 e. The van der Waals surface area contributed by atoms with Crippen LogP contribution >= 0.6 is 0 Å². The molecule has 0 aliphatic rings. The molecule has 13 rings (SSSR count). The van der Waals surface area contributed by atoms with Crippen molar-refractivity contribution in [1.82, 2.24) is 4.57 Å². The van der Waals surface area contributed by atoms with Crippen LogP contribution in [0.4, 0.5) is 17.1 Å². The molecule has 0 atom stereocenters. The van der Waals surface area contributed by atoms with Gasteiger partial charge in [0.2, 0.25) is 0 Å². The number of hydrogen-bond donors (Lipinski definition) is 0. The molecule has 3 nitrogen and oxygen atoms in total. The molecule has 0 aliphatic heterocycles. The fourth-order valence-electron chi connectivity index (χ4n) is 10.3. The molecular weight excluding hydrogens is 837 g/mol. The molecule has 0 unspecified atom stereocenters. The first-order valence-corrected chi connectivity index (χ1v) is 23.6. The first-order chi connectivity index (χ1) is 34.2. The molecule has 0 amide bonds. The van der Waals surface area contributed by atoms with Gasteiger partial charge in [0.1, 0.15) is 11.2 Å². The topological polar surface area (TPSA) is 21.3 Å². The number of furan rings is 1. The molecule has 0 spiro atoms. The molecule has 0 saturated carbocycles. The third-order valence-corrected chi connectivity index (χ3v) is 13.6. The van der Waals surface area contributed by atoms with E-state index in [1.165, 1.54) is 49.6 Å². The van der Waals surface area contributed by atoms with E-state index in [1.54, 1.807) is 0 Å². The molecule has 3 heteroatoms. The van der Waals surface area contributed by atoms with Crippen molar-refractivity contribution in [2.45, 2.75) is 0 Å². The Bertz CT molecular complexity index is 3940. The summed E-state index contributed by atoms with van der Waals surface area (Å²) in [6, 6.07) is 96.1. The van der Waals surface area contributed by atoms with E-state index in [-0.39, 0.29) is 0 Å². The van der Waals surface area contributed by atoms with E-state index in [1.807, 2.05) is 12.1 Å². The highest BCUT2D eigenvalue weighted by molar-refractivity contribution is 6.11. The van der Waals surface area contributed by atoms with Gasteiger partial charge in [0, 0.05) is 49.7 Å². The number of nitrogens with zero attached hydrogens (tertiary/aromatic N) is 2. The van der Waals surface area contributed by atoms with Crippen molar-refractivity contribution in [3.63, 3.8) is 0 Å². The van der Waals surface area contributed by atoms with Gasteiger partial charge in [-0.3, -0.25) is 0 Å². The SMILES string of the molecule is c1ccc(-c2cccc(-c3ccc(N(c4ccc(-c5ccc(-c6ccccc6)cc5-n5c6ccccc6c6ccccc65)cc4)c4cccc(-c5cccc6c5oc5ccccc56)c4)cc3)c2)cc1. The van der Waals surface area contributed by atoms with Crippen molar-refractivity contribution in [1.29, 1.82) is 0 Å². The number of hydrogen-bond acceptors (Lipinski definition) is 2. The molecule has 2 heterocycles. The zero-order valence-corrected chi connectivity index (χ0v) is 37.7. The molecule has 0 bridgehead atoms. The van der Waals surface area contributed by atoms with Crippen molar-refractivity contribution >= 4 is 60.8 Å². The van der Waals surface area contributed by atoms with Crippen molar-refractivity contribution in [3.8, 4) is 61.3 Å². The Morgan fingerprint density at radius 3 is 1.42 bits per heavy atom. The minimum Gasteiger partial charge on any atom is -0.455 e. The molecule has 11 aromatic carbocycles. The van der Waals surface area contributed by atoms with Gasteiger partial charge in [0.05, 0.1) is 16.7 Å². The van der Waals surface area contributed by atoms with Gasteiger partial charge in [-0.1, -0.05) is 200 Å². The summed E-state index contributed by atoms with van der Waals surface area (Å²) >= 11 is 0. The summed E-state index contributed by atoms with van der Waals surface area (Å²) in [7, 11) is 0. The number of aromatic nitrogens is 1. The summed E-state index contributed by atoms with van der Waals surface area (Å²) in [6.07, 6.45) is 0. The van der Waals surface area contributed by atoms with Crippen LogP contribution in [0.5, 0.6) is 0 Å². The summed E-state index contributed by atoms with van der Waals surface area (Å²) in [4.78, 5) is 2.36. The predicted molar refractivity (Wildman–Crippen MR) is 290 cm³/mol. The molecule has 0 fully saturated rings. The molecule has 0 aliphatic carbocycles. The lowest BCUT2D eigenvalue weighted by Gasteiger charge is -2.26. The Morgan fingerprint density at radius 1 is 0.275 bits per heavy atom. The minimum absolute atomic E-state index is 0.892. The van der Waals surface area contributed by atoms with Gasteiger partial charge in [-0.05, 0) is 111 Å². The lowest BCUT2D eigenvalue weighted by atomic mass is 9.97. The highest BCUT2D eigenvalue weighted by Gasteiger charge is 2.20. The van der Waals surface area contributed by atoms with Crippen LogP contribution < -0.4 is 4.90 Å². The zero-order valence-electron chi connectivity index (χ0n) is 37.7. The molecule has 13 aromatic rings.